The van der Waals surface area contributed by atoms with Gasteiger partial charge < -0.3 is 10.3 Å². The van der Waals surface area contributed by atoms with Crippen LogP contribution in [0.2, 0.25) is 0 Å². The maximum absolute atomic E-state index is 12.0. The smallest absolute Gasteiger partial charge is 0.251 e. The van der Waals surface area contributed by atoms with Gasteiger partial charge in [-0.2, -0.15) is 0 Å². The molecule has 1 amide bonds. The average Bonchev–Trinajstić information content (AvgIpc) is 3.08. The van der Waals surface area contributed by atoms with Gasteiger partial charge in [0.2, 0.25) is 0 Å². The molecule has 0 saturated heterocycles. The van der Waals surface area contributed by atoms with Crippen molar-refractivity contribution in [2.45, 2.75) is 46.1 Å². The lowest BCUT2D eigenvalue weighted by Gasteiger charge is -2.10. The number of thiophene rings is 1. The van der Waals surface area contributed by atoms with E-state index in [9.17, 15) is 4.79 Å². The van der Waals surface area contributed by atoms with Crippen molar-refractivity contribution in [3.8, 4) is 10.4 Å². The molecular weight excluding hydrogens is 292 g/mol. The number of unbranched alkanes of at least 4 members (excludes halogenated alkanes) is 2. The molecule has 0 aromatic carbocycles. The van der Waals surface area contributed by atoms with E-state index < -0.39 is 0 Å². The van der Waals surface area contributed by atoms with Crippen molar-refractivity contribution >= 4 is 17.2 Å². The third-order valence-electron chi connectivity index (χ3n) is 3.97. The Morgan fingerprint density at radius 1 is 1.45 bits per heavy atom. The largest absolute Gasteiger partial charge is 0.366 e. The van der Waals surface area contributed by atoms with Crippen molar-refractivity contribution < 1.29 is 4.79 Å². The van der Waals surface area contributed by atoms with Crippen LogP contribution >= 0.6 is 11.3 Å². The quantitative estimate of drug-likeness (QED) is 0.564. The van der Waals surface area contributed by atoms with Crippen molar-refractivity contribution in [3.05, 3.63) is 47.1 Å². The summed E-state index contributed by atoms with van der Waals surface area (Å²) in [6.07, 6.45) is 6.32. The number of nitrogens with zero attached hydrogens (tertiary/aromatic N) is 1. The Kier molecular flexibility index (Phi) is 5.61. The van der Waals surface area contributed by atoms with Crippen LogP contribution in [-0.4, -0.2) is 10.5 Å². The second-order valence-corrected chi connectivity index (χ2v) is 6.43. The third-order valence-corrected chi connectivity index (χ3v) is 4.86. The lowest BCUT2D eigenvalue weighted by Crippen LogP contribution is -2.13. The normalized spacial score (nSPS) is 10.8. The van der Waals surface area contributed by atoms with Gasteiger partial charge in [0.15, 0.2) is 0 Å². The minimum atomic E-state index is -0.347. The topological polar surface area (TPSA) is 48.0 Å². The lowest BCUT2D eigenvalue weighted by molar-refractivity contribution is 0.1000. The molecule has 118 valence electrons. The number of nitrogens with two attached hydrogens (primary N) is 1. The summed E-state index contributed by atoms with van der Waals surface area (Å²) in [7, 11) is 0. The predicted octanol–water partition coefficient (Wildman–Crippen LogP) is 4.54. The summed E-state index contributed by atoms with van der Waals surface area (Å²) in [5.74, 6) is -0.347. The van der Waals surface area contributed by atoms with Gasteiger partial charge in [0.25, 0.3) is 5.91 Å². The fourth-order valence-electron chi connectivity index (χ4n) is 2.96. The molecule has 0 aliphatic carbocycles. The van der Waals surface area contributed by atoms with E-state index in [0.29, 0.717) is 12.1 Å². The molecule has 0 atom stereocenters. The maximum atomic E-state index is 12.0. The number of aromatic nitrogens is 1. The summed E-state index contributed by atoms with van der Waals surface area (Å²) in [6.45, 7) is 8.73. The van der Waals surface area contributed by atoms with E-state index in [2.05, 4.69) is 24.1 Å². The molecule has 4 heteroatoms. The highest BCUT2D eigenvalue weighted by Gasteiger charge is 2.24. The molecular formula is C18H24N2OS. The Morgan fingerprint density at radius 3 is 2.77 bits per heavy atom. The molecule has 0 fully saturated rings. The van der Waals surface area contributed by atoms with Gasteiger partial charge in [-0.15, -0.1) is 17.9 Å². The number of hydrogen-bond acceptors (Lipinski definition) is 2. The molecule has 2 aromatic rings. The first-order chi connectivity index (χ1) is 10.6. The number of hydrogen-bond donors (Lipinski definition) is 1. The molecule has 3 nitrogen and oxygen atoms in total. The number of rotatable bonds is 8. The van der Waals surface area contributed by atoms with E-state index in [1.54, 1.807) is 11.3 Å². The Bertz CT molecular complexity index is 653. The first kappa shape index (κ1) is 16.6. The Balaban J connectivity index is 2.62. The van der Waals surface area contributed by atoms with Gasteiger partial charge >= 0.3 is 0 Å². The highest BCUT2D eigenvalue weighted by molar-refractivity contribution is 7.13. The average molecular weight is 316 g/mol. The van der Waals surface area contributed by atoms with Crippen molar-refractivity contribution in [2.75, 3.05) is 0 Å². The van der Waals surface area contributed by atoms with Crippen LogP contribution in [-0.2, 0) is 13.0 Å². The molecule has 2 aromatic heterocycles. The van der Waals surface area contributed by atoms with Gasteiger partial charge in [-0.3, -0.25) is 4.79 Å². The standard InChI is InChI=1S/C18H24N2OS/c1-4-6-7-9-14-17(15-10-8-12-22-15)16(18(19)21)13(3)20(14)11-5-2/h5,8,10,12H,2,4,6-7,9,11H2,1,3H3,(H2,19,21). The van der Waals surface area contributed by atoms with Crippen molar-refractivity contribution in [1.82, 2.24) is 4.57 Å². The Morgan fingerprint density at radius 2 is 2.23 bits per heavy atom. The lowest BCUT2D eigenvalue weighted by atomic mass is 10.0. The van der Waals surface area contributed by atoms with E-state index in [1.807, 2.05) is 24.4 Å². The fraction of sp³-hybridized carbons (Fsp3) is 0.389. The predicted molar refractivity (Wildman–Crippen MR) is 94.4 cm³/mol. The molecule has 0 spiro atoms. The van der Waals surface area contributed by atoms with Crippen molar-refractivity contribution in [1.29, 1.82) is 0 Å². The first-order valence-electron chi connectivity index (χ1n) is 7.78. The van der Waals surface area contributed by atoms with E-state index in [4.69, 9.17) is 5.73 Å². The maximum Gasteiger partial charge on any atom is 0.251 e. The highest BCUT2D eigenvalue weighted by Crippen LogP contribution is 2.36. The van der Waals surface area contributed by atoms with Crippen LogP contribution in [0.4, 0.5) is 0 Å². The zero-order valence-electron chi connectivity index (χ0n) is 13.4. The Hall–Kier alpha value is -1.81. The fourth-order valence-corrected chi connectivity index (χ4v) is 3.76. The van der Waals surface area contributed by atoms with Crippen LogP contribution in [0, 0.1) is 6.92 Å². The Labute approximate surface area is 136 Å². The third kappa shape index (κ3) is 3.17. The molecule has 0 saturated carbocycles. The van der Waals surface area contributed by atoms with Gasteiger partial charge in [0.05, 0.1) is 5.56 Å². The number of primary amides is 1. The van der Waals surface area contributed by atoms with Crippen LogP contribution < -0.4 is 5.73 Å². The summed E-state index contributed by atoms with van der Waals surface area (Å²) in [4.78, 5) is 13.1. The van der Waals surface area contributed by atoms with Crippen LogP contribution in [0.1, 0.15) is 47.9 Å². The first-order valence-corrected chi connectivity index (χ1v) is 8.66. The summed E-state index contributed by atoms with van der Waals surface area (Å²) in [6, 6.07) is 4.08. The summed E-state index contributed by atoms with van der Waals surface area (Å²) in [5.41, 5.74) is 9.53. The van der Waals surface area contributed by atoms with E-state index in [-0.39, 0.29) is 5.91 Å². The molecule has 0 aliphatic heterocycles. The van der Waals surface area contributed by atoms with Crippen molar-refractivity contribution in [3.63, 3.8) is 0 Å². The molecule has 2 rings (SSSR count). The van der Waals surface area contributed by atoms with E-state index in [1.165, 1.54) is 18.5 Å². The van der Waals surface area contributed by atoms with Gasteiger partial charge in [0.1, 0.15) is 0 Å². The number of carbonyl (C=O) groups is 1. The van der Waals surface area contributed by atoms with Crippen LogP contribution in [0.5, 0.6) is 0 Å². The van der Waals surface area contributed by atoms with Gasteiger partial charge in [-0.25, -0.2) is 0 Å². The second kappa shape index (κ2) is 7.45. The number of carbonyl (C=O) groups excluding carboxylic acids is 1. The molecule has 2 heterocycles. The summed E-state index contributed by atoms with van der Waals surface area (Å²) in [5, 5.41) is 2.04. The summed E-state index contributed by atoms with van der Waals surface area (Å²) < 4.78 is 2.19. The molecule has 0 aliphatic rings. The minimum Gasteiger partial charge on any atom is -0.366 e. The summed E-state index contributed by atoms with van der Waals surface area (Å²) >= 11 is 1.65. The minimum absolute atomic E-state index is 0.347. The van der Waals surface area contributed by atoms with Crippen LogP contribution in [0.15, 0.2) is 30.2 Å². The van der Waals surface area contributed by atoms with Crippen LogP contribution in [0.25, 0.3) is 10.4 Å². The molecule has 0 radical (unpaired) electrons. The monoisotopic (exact) mass is 316 g/mol. The van der Waals surface area contributed by atoms with Gasteiger partial charge in [-0.1, -0.05) is 31.9 Å². The zero-order valence-corrected chi connectivity index (χ0v) is 14.2. The zero-order chi connectivity index (χ0) is 16.1. The SMILES string of the molecule is C=CCn1c(C)c(C(N)=O)c(-c2cccs2)c1CCCCC. The van der Waals surface area contributed by atoms with Gasteiger partial charge in [-0.05, 0) is 31.2 Å². The second-order valence-electron chi connectivity index (χ2n) is 5.48. The van der Waals surface area contributed by atoms with E-state index >= 15 is 0 Å². The highest BCUT2D eigenvalue weighted by atomic mass is 32.1. The molecule has 0 bridgehead atoms. The van der Waals surface area contributed by atoms with Gasteiger partial charge in [0, 0.05) is 28.4 Å². The van der Waals surface area contributed by atoms with Crippen LogP contribution in [0.3, 0.4) is 0 Å². The molecule has 0 unspecified atom stereocenters. The van der Waals surface area contributed by atoms with E-state index in [0.717, 1.165) is 29.0 Å². The number of amides is 1. The molecule has 22 heavy (non-hydrogen) atoms. The number of allylic oxidation sites excluding steroid dienone is 1. The van der Waals surface area contributed by atoms with Crippen molar-refractivity contribution in [2.24, 2.45) is 5.73 Å². The molecule has 2 N–H and O–H groups in total.